The van der Waals surface area contributed by atoms with E-state index in [0.29, 0.717) is 6.42 Å². The van der Waals surface area contributed by atoms with E-state index >= 15 is 0 Å². The fourth-order valence-corrected chi connectivity index (χ4v) is 1.60. The minimum Gasteiger partial charge on any atom is -0.368 e. The second kappa shape index (κ2) is 5.12. The van der Waals surface area contributed by atoms with Gasteiger partial charge < -0.3 is 11.1 Å². The van der Waals surface area contributed by atoms with Gasteiger partial charge >= 0.3 is 0 Å². The van der Waals surface area contributed by atoms with Crippen molar-refractivity contribution in [1.29, 1.82) is 0 Å². The van der Waals surface area contributed by atoms with Crippen LogP contribution in [0.2, 0.25) is 0 Å². The van der Waals surface area contributed by atoms with Crippen molar-refractivity contribution in [2.75, 3.05) is 0 Å². The Morgan fingerprint density at radius 2 is 1.88 bits per heavy atom. The van der Waals surface area contributed by atoms with E-state index in [4.69, 9.17) is 5.73 Å². The molecule has 0 spiro atoms. The van der Waals surface area contributed by atoms with Crippen molar-refractivity contribution in [3.05, 3.63) is 35.9 Å². The van der Waals surface area contributed by atoms with Crippen molar-refractivity contribution < 1.29 is 4.79 Å². The second-order valence-electron chi connectivity index (χ2n) is 5.04. The number of benzene rings is 1. The zero-order valence-electron chi connectivity index (χ0n) is 10.2. The summed E-state index contributed by atoms with van der Waals surface area (Å²) in [6.45, 7) is 6.07. The Labute approximate surface area is 97.0 Å². The number of rotatable bonds is 4. The maximum absolute atomic E-state index is 11.3. The lowest BCUT2D eigenvalue weighted by Gasteiger charge is -2.26. The molecule has 88 valence electrons. The van der Waals surface area contributed by atoms with Crippen molar-refractivity contribution in [2.45, 2.75) is 38.8 Å². The van der Waals surface area contributed by atoms with Gasteiger partial charge in [-0.2, -0.15) is 0 Å². The van der Waals surface area contributed by atoms with Crippen LogP contribution in [0.4, 0.5) is 0 Å². The standard InChI is InChI=1S/C13H20N2O/c1-13(2,3)15-11(12(14)16)9-10-7-5-4-6-8-10/h4-8,11,15H,9H2,1-3H3,(H2,14,16)/t11-/m0/s1. The zero-order chi connectivity index (χ0) is 12.2. The molecule has 0 aromatic heterocycles. The van der Waals surface area contributed by atoms with Crippen molar-refractivity contribution in [3.63, 3.8) is 0 Å². The molecule has 0 aliphatic heterocycles. The summed E-state index contributed by atoms with van der Waals surface area (Å²) in [5.41, 5.74) is 6.39. The molecule has 0 aliphatic rings. The molecule has 3 nitrogen and oxygen atoms in total. The summed E-state index contributed by atoms with van der Waals surface area (Å²) in [7, 11) is 0. The molecule has 1 aromatic carbocycles. The molecule has 16 heavy (non-hydrogen) atoms. The number of primary amides is 1. The fourth-order valence-electron chi connectivity index (χ4n) is 1.60. The smallest absolute Gasteiger partial charge is 0.234 e. The largest absolute Gasteiger partial charge is 0.368 e. The van der Waals surface area contributed by atoms with Gasteiger partial charge in [0.15, 0.2) is 0 Å². The van der Waals surface area contributed by atoms with Gasteiger partial charge in [-0.3, -0.25) is 4.79 Å². The Kier molecular flexibility index (Phi) is 4.07. The molecule has 0 saturated heterocycles. The molecule has 1 amide bonds. The van der Waals surface area contributed by atoms with Gasteiger partial charge in [0.25, 0.3) is 0 Å². The second-order valence-corrected chi connectivity index (χ2v) is 5.04. The van der Waals surface area contributed by atoms with Crippen LogP contribution in [0.15, 0.2) is 30.3 Å². The summed E-state index contributed by atoms with van der Waals surface area (Å²) >= 11 is 0. The quantitative estimate of drug-likeness (QED) is 0.807. The highest BCUT2D eigenvalue weighted by Gasteiger charge is 2.21. The first-order chi connectivity index (χ1) is 7.38. The van der Waals surface area contributed by atoms with Gasteiger partial charge in [0.05, 0.1) is 6.04 Å². The van der Waals surface area contributed by atoms with Gasteiger partial charge in [0.1, 0.15) is 0 Å². The average Bonchev–Trinajstić information content (AvgIpc) is 2.16. The Bertz CT molecular complexity index is 341. The Balaban J connectivity index is 2.70. The molecular weight excluding hydrogens is 200 g/mol. The zero-order valence-corrected chi connectivity index (χ0v) is 10.2. The van der Waals surface area contributed by atoms with Gasteiger partial charge in [0, 0.05) is 5.54 Å². The average molecular weight is 220 g/mol. The van der Waals surface area contributed by atoms with Crippen LogP contribution in [-0.2, 0) is 11.2 Å². The third kappa shape index (κ3) is 4.45. The van der Waals surface area contributed by atoms with E-state index in [2.05, 4.69) is 5.32 Å². The Hall–Kier alpha value is -1.35. The molecule has 0 fully saturated rings. The van der Waals surface area contributed by atoms with Gasteiger partial charge in [-0.15, -0.1) is 0 Å². The van der Waals surface area contributed by atoms with Gasteiger partial charge in [0.2, 0.25) is 5.91 Å². The molecule has 0 saturated carbocycles. The number of nitrogens with two attached hydrogens (primary N) is 1. The molecule has 0 heterocycles. The van der Waals surface area contributed by atoms with Crippen molar-refractivity contribution in [2.24, 2.45) is 5.73 Å². The summed E-state index contributed by atoms with van der Waals surface area (Å²) in [5.74, 6) is -0.307. The maximum Gasteiger partial charge on any atom is 0.234 e. The summed E-state index contributed by atoms with van der Waals surface area (Å²) < 4.78 is 0. The molecule has 0 unspecified atom stereocenters. The van der Waals surface area contributed by atoms with Crippen LogP contribution in [-0.4, -0.2) is 17.5 Å². The number of hydrogen-bond acceptors (Lipinski definition) is 2. The highest BCUT2D eigenvalue weighted by Crippen LogP contribution is 2.07. The lowest BCUT2D eigenvalue weighted by molar-refractivity contribution is -0.120. The van der Waals surface area contributed by atoms with Crippen LogP contribution < -0.4 is 11.1 Å². The van der Waals surface area contributed by atoms with Crippen molar-refractivity contribution in [1.82, 2.24) is 5.32 Å². The molecule has 3 N–H and O–H groups in total. The van der Waals surface area contributed by atoms with Crippen molar-refractivity contribution >= 4 is 5.91 Å². The summed E-state index contributed by atoms with van der Waals surface area (Å²) in [6.07, 6.45) is 0.632. The number of nitrogens with one attached hydrogen (secondary N) is 1. The van der Waals surface area contributed by atoms with Crippen molar-refractivity contribution in [3.8, 4) is 0 Å². The molecule has 3 heteroatoms. The summed E-state index contributed by atoms with van der Waals surface area (Å²) in [6, 6.07) is 9.57. The molecule has 1 atom stereocenters. The minimum atomic E-state index is -0.317. The van der Waals surface area contributed by atoms with Crippen LogP contribution in [0.1, 0.15) is 26.3 Å². The van der Waals surface area contributed by atoms with E-state index in [1.54, 1.807) is 0 Å². The van der Waals surface area contributed by atoms with E-state index in [-0.39, 0.29) is 17.5 Å². The highest BCUT2D eigenvalue weighted by molar-refractivity contribution is 5.80. The molecule has 0 aliphatic carbocycles. The molecule has 0 radical (unpaired) electrons. The minimum absolute atomic E-state index is 0.117. The molecular formula is C13H20N2O. The van der Waals surface area contributed by atoms with Gasteiger partial charge in [-0.1, -0.05) is 30.3 Å². The lowest BCUT2D eigenvalue weighted by atomic mass is 10.0. The number of carbonyl (C=O) groups is 1. The first kappa shape index (κ1) is 12.7. The van der Waals surface area contributed by atoms with E-state index in [9.17, 15) is 4.79 Å². The molecule has 1 aromatic rings. The summed E-state index contributed by atoms with van der Waals surface area (Å²) in [4.78, 5) is 11.3. The van der Waals surface area contributed by atoms with E-state index in [0.717, 1.165) is 5.56 Å². The highest BCUT2D eigenvalue weighted by atomic mass is 16.1. The third-order valence-electron chi connectivity index (χ3n) is 2.23. The maximum atomic E-state index is 11.3. The van der Waals surface area contributed by atoms with Gasteiger partial charge in [-0.25, -0.2) is 0 Å². The number of amides is 1. The number of hydrogen-bond donors (Lipinski definition) is 2. The van der Waals surface area contributed by atoms with Crippen LogP contribution in [0.5, 0.6) is 0 Å². The van der Waals surface area contributed by atoms with Gasteiger partial charge in [-0.05, 0) is 32.8 Å². The summed E-state index contributed by atoms with van der Waals surface area (Å²) in [5, 5.41) is 3.23. The third-order valence-corrected chi connectivity index (χ3v) is 2.23. The normalized spacial score (nSPS) is 13.4. The van der Waals surface area contributed by atoms with E-state index in [1.165, 1.54) is 0 Å². The van der Waals surface area contributed by atoms with Crippen LogP contribution in [0, 0.1) is 0 Å². The predicted octanol–water partition coefficient (Wildman–Crippen LogP) is 1.47. The van der Waals surface area contributed by atoms with Crippen LogP contribution in [0.3, 0.4) is 0 Å². The first-order valence-corrected chi connectivity index (χ1v) is 5.49. The molecule has 1 rings (SSSR count). The topological polar surface area (TPSA) is 55.1 Å². The predicted molar refractivity (Wildman–Crippen MR) is 66.0 cm³/mol. The van der Waals surface area contributed by atoms with Crippen LogP contribution >= 0.6 is 0 Å². The SMILES string of the molecule is CC(C)(C)N[C@@H](Cc1ccccc1)C(N)=O. The number of carbonyl (C=O) groups excluding carboxylic acids is 1. The first-order valence-electron chi connectivity index (χ1n) is 5.49. The Morgan fingerprint density at radius 1 is 1.31 bits per heavy atom. The van der Waals surface area contributed by atoms with E-state index in [1.807, 2.05) is 51.1 Å². The fraction of sp³-hybridized carbons (Fsp3) is 0.462. The van der Waals surface area contributed by atoms with Crippen LogP contribution in [0.25, 0.3) is 0 Å². The monoisotopic (exact) mass is 220 g/mol. The molecule has 0 bridgehead atoms. The Morgan fingerprint density at radius 3 is 2.31 bits per heavy atom. The lowest BCUT2D eigenvalue weighted by Crippen LogP contribution is -2.51. The van der Waals surface area contributed by atoms with E-state index < -0.39 is 0 Å².